The lowest BCUT2D eigenvalue weighted by Crippen LogP contribution is -2.34. The number of carbonyl (C=O) groups excluding carboxylic acids is 1. The summed E-state index contributed by atoms with van der Waals surface area (Å²) in [5.74, 6) is -1.02. The van der Waals surface area contributed by atoms with E-state index in [4.69, 9.17) is 5.11 Å². The van der Waals surface area contributed by atoms with E-state index in [1.54, 1.807) is 6.07 Å². The average molecular weight is 344 g/mol. The summed E-state index contributed by atoms with van der Waals surface area (Å²) in [4.78, 5) is 27.2. The van der Waals surface area contributed by atoms with Crippen molar-refractivity contribution in [1.29, 1.82) is 0 Å². The smallest absolute Gasteiger partial charge is 0.338 e. The molecule has 2 N–H and O–H groups in total. The van der Waals surface area contributed by atoms with Gasteiger partial charge in [0.15, 0.2) is 0 Å². The zero-order valence-electron chi connectivity index (χ0n) is 13.4. The van der Waals surface area contributed by atoms with Crippen LogP contribution in [0.4, 0.5) is 0 Å². The van der Waals surface area contributed by atoms with E-state index in [0.717, 1.165) is 24.6 Å². The monoisotopic (exact) mass is 344 g/mol. The number of aryl methyl sites for hydroxylation is 1. The van der Waals surface area contributed by atoms with Gasteiger partial charge in [-0.05, 0) is 37.5 Å². The van der Waals surface area contributed by atoms with Crippen LogP contribution in [0.15, 0.2) is 53.7 Å². The number of carbonyl (C=O) groups is 2. The molecule has 6 heteroatoms. The van der Waals surface area contributed by atoms with Gasteiger partial charge < -0.3 is 10.4 Å². The highest BCUT2D eigenvalue weighted by molar-refractivity contribution is 8.00. The van der Waals surface area contributed by atoms with E-state index in [1.807, 2.05) is 25.1 Å². The fourth-order valence-electron chi connectivity index (χ4n) is 2.22. The molecule has 0 fully saturated rings. The number of amides is 1. The van der Waals surface area contributed by atoms with Crippen LogP contribution >= 0.6 is 11.8 Å². The Bertz CT molecular complexity index is 692. The van der Waals surface area contributed by atoms with E-state index < -0.39 is 5.97 Å². The van der Waals surface area contributed by atoms with Crippen molar-refractivity contribution in [3.63, 3.8) is 0 Å². The van der Waals surface area contributed by atoms with Crippen LogP contribution < -0.4 is 5.32 Å². The summed E-state index contributed by atoms with van der Waals surface area (Å²) in [7, 11) is 0. The second-order valence-corrected chi connectivity index (χ2v) is 6.41. The SMILES string of the molecule is C[C@@H](CCc1ccccc1)NC(=O)CSc1ncccc1C(=O)O. The summed E-state index contributed by atoms with van der Waals surface area (Å²) in [6.07, 6.45) is 3.28. The van der Waals surface area contributed by atoms with Gasteiger partial charge >= 0.3 is 5.97 Å². The van der Waals surface area contributed by atoms with Crippen molar-refractivity contribution in [2.24, 2.45) is 0 Å². The molecule has 5 nitrogen and oxygen atoms in total. The predicted octanol–water partition coefficient (Wildman–Crippen LogP) is 3.01. The molecule has 0 saturated heterocycles. The first-order chi connectivity index (χ1) is 11.6. The van der Waals surface area contributed by atoms with Crippen molar-refractivity contribution in [1.82, 2.24) is 10.3 Å². The van der Waals surface area contributed by atoms with Gasteiger partial charge in [-0.25, -0.2) is 9.78 Å². The summed E-state index contributed by atoms with van der Waals surface area (Å²) >= 11 is 1.14. The highest BCUT2D eigenvalue weighted by atomic mass is 32.2. The summed E-state index contributed by atoms with van der Waals surface area (Å²) in [6.45, 7) is 1.97. The second kappa shape index (κ2) is 9.08. The zero-order chi connectivity index (χ0) is 17.4. The molecule has 2 rings (SSSR count). The predicted molar refractivity (Wildman–Crippen MR) is 94.3 cm³/mol. The molecule has 1 aromatic carbocycles. The van der Waals surface area contributed by atoms with Gasteiger partial charge in [-0.3, -0.25) is 4.79 Å². The van der Waals surface area contributed by atoms with E-state index in [2.05, 4.69) is 22.4 Å². The lowest BCUT2D eigenvalue weighted by molar-refractivity contribution is -0.119. The van der Waals surface area contributed by atoms with Crippen LogP contribution in [0.1, 0.15) is 29.3 Å². The Morgan fingerprint density at radius 1 is 1.21 bits per heavy atom. The van der Waals surface area contributed by atoms with Gasteiger partial charge in [0.25, 0.3) is 0 Å². The fraction of sp³-hybridized carbons (Fsp3) is 0.278. The Morgan fingerprint density at radius 3 is 2.67 bits per heavy atom. The van der Waals surface area contributed by atoms with Crippen molar-refractivity contribution >= 4 is 23.6 Å². The Balaban J connectivity index is 1.78. The number of nitrogens with zero attached hydrogens (tertiary/aromatic N) is 1. The number of hydrogen-bond acceptors (Lipinski definition) is 4. The van der Waals surface area contributed by atoms with Gasteiger partial charge in [0.1, 0.15) is 5.03 Å². The Morgan fingerprint density at radius 2 is 1.96 bits per heavy atom. The van der Waals surface area contributed by atoms with Gasteiger partial charge in [0, 0.05) is 12.2 Å². The van der Waals surface area contributed by atoms with Crippen LogP contribution in [0.25, 0.3) is 0 Å². The molecule has 2 aromatic rings. The summed E-state index contributed by atoms with van der Waals surface area (Å²) < 4.78 is 0. The van der Waals surface area contributed by atoms with Crippen LogP contribution in [0.2, 0.25) is 0 Å². The Labute approximate surface area is 145 Å². The van der Waals surface area contributed by atoms with Crippen LogP contribution in [0.5, 0.6) is 0 Å². The molecule has 0 radical (unpaired) electrons. The van der Waals surface area contributed by atoms with Gasteiger partial charge in [-0.15, -0.1) is 0 Å². The zero-order valence-corrected chi connectivity index (χ0v) is 14.3. The molecule has 1 aromatic heterocycles. The molecule has 1 atom stereocenters. The standard InChI is InChI=1S/C18H20N2O3S/c1-13(9-10-14-6-3-2-4-7-14)20-16(21)12-24-17-15(18(22)23)8-5-11-19-17/h2-8,11,13H,9-10,12H2,1H3,(H,20,21)(H,22,23)/t13-/m0/s1. The topological polar surface area (TPSA) is 79.3 Å². The quantitative estimate of drug-likeness (QED) is 0.720. The molecule has 0 unspecified atom stereocenters. The largest absolute Gasteiger partial charge is 0.478 e. The number of carboxylic acid groups (broad SMARTS) is 1. The maximum atomic E-state index is 12.0. The Kier molecular flexibility index (Phi) is 6.81. The number of rotatable bonds is 8. The number of aromatic carboxylic acids is 1. The van der Waals surface area contributed by atoms with Crippen LogP contribution in [0, 0.1) is 0 Å². The van der Waals surface area contributed by atoms with Crippen LogP contribution in [0.3, 0.4) is 0 Å². The first kappa shape index (κ1) is 18.0. The maximum Gasteiger partial charge on any atom is 0.338 e. The van der Waals surface area contributed by atoms with Gasteiger partial charge in [-0.1, -0.05) is 42.1 Å². The number of hydrogen-bond donors (Lipinski definition) is 2. The number of benzene rings is 1. The van der Waals surface area contributed by atoms with Crippen LogP contribution in [-0.2, 0) is 11.2 Å². The summed E-state index contributed by atoms with van der Waals surface area (Å²) in [5.41, 5.74) is 1.36. The summed E-state index contributed by atoms with van der Waals surface area (Å²) in [6, 6.07) is 13.2. The van der Waals surface area contributed by atoms with Crippen molar-refractivity contribution in [2.45, 2.75) is 30.8 Å². The van der Waals surface area contributed by atoms with E-state index in [1.165, 1.54) is 17.8 Å². The molecule has 1 amide bonds. The summed E-state index contributed by atoms with van der Waals surface area (Å²) in [5, 5.41) is 12.4. The molecular weight excluding hydrogens is 324 g/mol. The first-order valence-electron chi connectivity index (χ1n) is 7.70. The fourth-order valence-corrected chi connectivity index (χ4v) is 3.02. The number of aromatic nitrogens is 1. The molecule has 0 spiro atoms. The number of nitrogens with one attached hydrogen (secondary N) is 1. The minimum Gasteiger partial charge on any atom is -0.478 e. The van der Waals surface area contributed by atoms with Crippen LogP contribution in [-0.4, -0.2) is 33.8 Å². The Hall–Kier alpha value is -2.34. The highest BCUT2D eigenvalue weighted by Crippen LogP contribution is 2.19. The molecule has 24 heavy (non-hydrogen) atoms. The number of carboxylic acids is 1. The number of pyridine rings is 1. The third kappa shape index (κ3) is 5.70. The molecule has 1 heterocycles. The van der Waals surface area contributed by atoms with E-state index in [9.17, 15) is 9.59 Å². The second-order valence-electron chi connectivity index (χ2n) is 5.44. The van der Waals surface area contributed by atoms with E-state index in [0.29, 0.717) is 5.03 Å². The lowest BCUT2D eigenvalue weighted by atomic mass is 10.1. The van der Waals surface area contributed by atoms with E-state index in [-0.39, 0.29) is 23.3 Å². The highest BCUT2D eigenvalue weighted by Gasteiger charge is 2.14. The third-order valence-electron chi connectivity index (χ3n) is 3.46. The average Bonchev–Trinajstić information content (AvgIpc) is 2.59. The molecule has 0 aliphatic carbocycles. The molecular formula is C18H20N2O3S. The van der Waals surface area contributed by atoms with E-state index >= 15 is 0 Å². The van der Waals surface area contributed by atoms with Crippen molar-refractivity contribution in [3.05, 3.63) is 59.8 Å². The molecule has 0 saturated carbocycles. The van der Waals surface area contributed by atoms with Gasteiger partial charge in [-0.2, -0.15) is 0 Å². The first-order valence-corrected chi connectivity index (χ1v) is 8.69. The minimum absolute atomic E-state index is 0.0565. The molecule has 126 valence electrons. The molecule has 0 aliphatic heterocycles. The van der Waals surface area contributed by atoms with Gasteiger partial charge in [0.2, 0.25) is 5.91 Å². The van der Waals surface area contributed by atoms with Crippen molar-refractivity contribution in [2.75, 3.05) is 5.75 Å². The number of thioether (sulfide) groups is 1. The normalized spacial score (nSPS) is 11.7. The molecule has 0 bridgehead atoms. The van der Waals surface area contributed by atoms with Crippen molar-refractivity contribution in [3.8, 4) is 0 Å². The minimum atomic E-state index is -1.04. The maximum absolute atomic E-state index is 12.0. The van der Waals surface area contributed by atoms with Crippen molar-refractivity contribution < 1.29 is 14.7 Å². The third-order valence-corrected chi connectivity index (χ3v) is 4.46. The van der Waals surface area contributed by atoms with Gasteiger partial charge in [0.05, 0.1) is 11.3 Å². The lowest BCUT2D eigenvalue weighted by Gasteiger charge is -2.14. The molecule has 0 aliphatic rings.